The van der Waals surface area contributed by atoms with Crippen molar-refractivity contribution in [2.45, 2.75) is 32.5 Å². The van der Waals surface area contributed by atoms with Crippen molar-refractivity contribution in [3.63, 3.8) is 0 Å². The number of aromatic nitrogens is 3. The standard InChI is InChI=1S/C21H22N4O2S/c1-14-4-9-19(15(2)10-14)25-13-23-24-21(25)28-12-20(27)18-7-5-17(6-8-18)11-22-16(3)26/h4-10,13H,11-12H2,1-3H3,(H,22,26). The third-order valence-electron chi connectivity index (χ3n) is 4.28. The van der Waals surface area contributed by atoms with Gasteiger partial charge in [0, 0.05) is 19.0 Å². The molecule has 7 heteroatoms. The number of benzene rings is 2. The number of thioether (sulfide) groups is 1. The van der Waals surface area contributed by atoms with Crippen LogP contribution in [0.2, 0.25) is 0 Å². The lowest BCUT2D eigenvalue weighted by atomic mass is 10.1. The van der Waals surface area contributed by atoms with Gasteiger partial charge < -0.3 is 5.32 Å². The molecule has 0 aliphatic rings. The largest absolute Gasteiger partial charge is 0.352 e. The van der Waals surface area contributed by atoms with Crippen molar-refractivity contribution in [1.29, 1.82) is 0 Å². The fraction of sp³-hybridized carbons (Fsp3) is 0.238. The van der Waals surface area contributed by atoms with E-state index in [1.165, 1.54) is 24.2 Å². The van der Waals surface area contributed by atoms with Crippen LogP contribution in [-0.4, -0.2) is 32.2 Å². The van der Waals surface area contributed by atoms with Crippen molar-refractivity contribution >= 4 is 23.5 Å². The van der Waals surface area contributed by atoms with Crippen molar-refractivity contribution in [3.05, 3.63) is 71.0 Å². The number of aryl methyl sites for hydroxylation is 2. The third-order valence-corrected chi connectivity index (χ3v) is 5.22. The highest BCUT2D eigenvalue weighted by Crippen LogP contribution is 2.23. The van der Waals surface area contributed by atoms with E-state index < -0.39 is 0 Å². The number of hydrogen-bond acceptors (Lipinski definition) is 5. The van der Waals surface area contributed by atoms with Gasteiger partial charge in [-0.1, -0.05) is 53.7 Å². The normalized spacial score (nSPS) is 10.7. The summed E-state index contributed by atoms with van der Waals surface area (Å²) < 4.78 is 1.91. The van der Waals surface area contributed by atoms with Crippen LogP contribution >= 0.6 is 11.8 Å². The van der Waals surface area contributed by atoms with E-state index >= 15 is 0 Å². The molecule has 3 rings (SSSR count). The van der Waals surface area contributed by atoms with E-state index in [1.54, 1.807) is 18.5 Å². The summed E-state index contributed by atoms with van der Waals surface area (Å²) in [4.78, 5) is 23.5. The average Bonchev–Trinajstić information content (AvgIpc) is 3.13. The van der Waals surface area contributed by atoms with Crippen LogP contribution in [0.5, 0.6) is 0 Å². The van der Waals surface area contributed by atoms with Gasteiger partial charge in [0.25, 0.3) is 0 Å². The third kappa shape index (κ3) is 4.86. The van der Waals surface area contributed by atoms with Crippen LogP contribution in [-0.2, 0) is 11.3 Å². The molecule has 0 atom stereocenters. The van der Waals surface area contributed by atoms with Gasteiger partial charge in [0.15, 0.2) is 10.9 Å². The molecule has 1 amide bonds. The van der Waals surface area contributed by atoms with Gasteiger partial charge in [-0.2, -0.15) is 0 Å². The second kappa shape index (κ2) is 8.84. The molecule has 6 nitrogen and oxygen atoms in total. The Balaban J connectivity index is 1.65. The van der Waals surface area contributed by atoms with E-state index in [0.717, 1.165) is 16.8 Å². The number of ketones is 1. The van der Waals surface area contributed by atoms with E-state index in [0.29, 0.717) is 17.3 Å². The Hall–Kier alpha value is -2.93. The van der Waals surface area contributed by atoms with E-state index in [-0.39, 0.29) is 17.4 Å². The lowest BCUT2D eigenvalue weighted by Crippen LogP contribution is -2.18. The Bertz CT molecular complexity index is 996. The van der Waals surface area contributed by atoms with Crippen LogP contribution in [0.15, 0.2) is 53.9 Å². The summed E-state index contributed by atoms with van der Waals surface area (Å²) in [5, 5.41) is 11.6. The number of rotatable bonds is 7. The Morgan fingerprint density at radius 1 is 1.11 bits per heavy atom. The quantitative estimate of drug-likeness (QED) is 0.490. The molecule has 0 unspecified atom stereocenters. The fourth-order valence-electron chi connectivity index (χ4n) is 2.81. The number of nitrogens with one attached hydrogen (secondary N) is 1. The van der Waals surface area contributed by atoms with E-state index in [1.807, 2.05) is 35.8 Å². The van der Waals surface area contributed by atoms with Gasteiger partial charge in [-0.05, 0) is 31.0 Å². The molecule has 3 aromatic rings. The predicted molar refractivity (Wildman–Crippen MR) is 110 cm³/mol. The van der Waals surface area contributed by atoms with Crippen LogP contribution in [0.1, 0.15) is 34.0 Å². The van der Waals surface area contributed by atoms with Crippen LogP contribution < -0.4 is 5.32 Å². The van der Waals surface area contributed by atoms with Crippen LogP contribution in [0.3, 0.4) is 0 Å². The highest BCUT2D eigenvalue weighted by atomic mass is 32.2. The lowest BCUT2D eigenvalue weighted by molar-refractivity contribution is -0.119. The van der Waals surface area contributed by atoms with Crippen molar-refractivity contribution in [2.24, 2.45) is 0 Å². The maximum absolute atomic E-state index is 12.5. The zero-order valence-electron chi connectivity index (χ0n) is 16.1. The van der Waals surface area contributed by atoms with Crippen molar-refractivity contribution in [1.82, 2.24) is 20.1 Å². The first kappa shape index (κ1) is 19.8. The Labute approximate surface area is 168 Å². The summed E-state index contributed by atoms with van der Waals surface area (Å²) >= 11 is 1.37. The maximum Gasteiger partial charge on any atom is 0.217 e. The average molecular weight is 395 g/mol. The monoisotopic (exact) mass is 394 g/mol. The van der Waals surface area contributed by atoms with Gasteiger partial charge in [0.2, 0.25) is 5.91 Å². The van der Waals surface area contributed by atoms with Crippen molar-refractivity contribution < 1.29 is 9.59 Å². The van der Waals surface area contributed by atoms with Crippen LogP contribution in [0.25, 0.3) is 5.69 Å². The molecule has 0 fully saturated rings. The van der Waals surface area contributed by atoms with Gasteiger partial charge in [0.1, 0.15) is 6.33 Å². The summed E-state index contributed by atoms with van der Waals surface area (Å²) in [5.41, 5.74) is 4.92. The molecular weight excluding hydrogens is 372 g/mol. The number of carbonyl (C=O) groups excluding carboxylic acids is 2. The predicted octanol–water partition coefficient (Wildman–Crippen LogP) is 3.50. The zero-order valence-corrected chi connectivity index (χ0v) is 16.9. The Kier molecular flexibility index (Phi) is 6.26. The number of nitrogens with zero attached hydrogens (tertiary/aromatic N) is 3. The maximum atomic E-state index is 12.5. The van der Waals surface area contributed by atoms with Crippen LogP contribution in [0.4, 0.5) is 0 Å². The fourth-order valence-corrected chi connectivity index (χ4v) is 3.63. The topological polar surface area (TPSA) is 76.9 Å². The second-order valence-electron chi connectivity index (χ2n) is 6.59. The zero-order chi connectivity index (χ0) is 20.1. The molecule has 144 valence electrons. The summed E-state index contributed by atoms with van der Waals surface area (Å²) in [7, 11) is 0. The van der Waals surface area contributed by atoms with Gasteiger partial charge in [-0.3, -0.25) is 14.2 Å². The summed E-state index contributed by atoms with van der Waals surface area (Å²) in [5.74, 6) is 0.213. The first-order chi connectivity index (χ1) is 13.4. The molecule has 0 aliphatic carbocycles. The Morgan fingerprint density at radius 3 is 2.54 bits per heavy atom. The molecule has 0 saturated heterocycles. The van der Waals surface area contributed by atoms with Gasteiger partial charge in [0.05, 0.1) is 11.4 Å². The molecule has 28 heavy (non-hydrogen) atoms. The number of carbonyl (C=O) groups is 2. The number of hydrogen-bond donors (Lipinski definition) is 1. The van der Waals surface area contributed by atoms with E-state index in [2.05, 4.69) is 28.5 Å². The molecule has 2 aromatic carbocycles. The molecular formula is C21H22N4O2S. The van der Waals surface area contributed by atoms with Gasteiger partial charge in [-0.25, -0.2) is 0 Å². The van der Waals surface area contributed by atoms with Crippen LogP contribution in [0, 0.1) is 13.8 Å². The first-order valence-corrected chi connectivity index (χ1v) is 9.89. The van der Waals surface area contributed by atoms with Gasteiger partial charge >= 0.3 is 0 Å². The lowest BCUT2D eigenvalue weighted by Gasteiger charge is -2.10. The first-order valence-electron chi connectivity index (χ1n) is 8.91. The van der Waals surface area contributed by atoms with Crippen molar-refractivity contribution in [3.8, 4) is 5.69 Å². The molecule has 0 radical (unpaired) electrons. The SMILES string of the molecule is CC(=O)NCc1ccc(C(=O)CSc2nncn2-c2ccc(C)cc2C)cc1. The number of amides is 1. The molecule has 1 N–H and O–H groups in total. The molecule has 0 saturated carbocycles. The Morgan fingerprint density at radius 2 is 1.86 bits per heavy atom. The highest BCUT2D eigenvalue weighted by Gasteiger charge is 2.13. The molecule has 0 spiro atoms. The van der Waals surface area contributed by atoms with E-state index in [4.69, 9.17) is 0 Å². The second-order valence-corrected chi connectivity index (χ2v) is 7.53. The smallest absolute Gasteiger partial charge is 0.217 e. The summed E-state index contributed by atoms with van der Waals surface area (Å²) in [6, 6.07) is 13.5. The minimum Gasteiger partial charge on any atom is -0.352 e. The summed E-state index contributed by atoms with van der Waals surface area (Å²) in [6.45, 7) is 6.03. The molecule has 1 aromatic heterocycles. The van der Waals surface area contributed by atoms with Gasteiger partial charge in [-0.15, -0.1) is 10.2 Å². The minimum absolute atomic E-state index is 0.0197. The number of Topliss-reactive ketones (excluding diaryl/α,β-unsaturated/α-hetero) is 1. The van der Waals surface area contributed by atoms with Crippen molar-refractivity contribution in [2.75, 3.05) is 5.75 Å². The highest BCUT2D eigenvalue weighted by molar-refractivity contribution is 7.99. The summed E-state index contributed by atoms with van der Waals surface area (Å²) in [6.07, 6.45) is 1.67. The minimum atomic E-state index is -0.0792. The molecule has 0 aliphatic heterocycles. The molecule has 0 bridgehead atoms. The van der Waals surface area contributed by atoms with E-state index in [9.17, 15) is 9.59 Å². The molecule has 1 heterocycles.